The van der Waals surface area contributed by atoms with Gasteiger partial charge in [-0.15, -0.1) is 0 Å². The number of hydrogen-bond acceptors (Lipinski definition) is 4. The van der Waals surface area contributed by atoms with Gasteiger partial charge in [0.1, 0.15) is 5.75 Å². The smallest absolute Gasteiger partial charge is 0.309 e. The minimum atomic E-state index is -0.828. The quantitative estimate of drug-likeness (QED) is 0.589. The second-order valence-corrected chi connectivity index (χ2v) is 9.46. The van der Waals surface area contributed by atoms with Crippen LogP contribution in [0.15, 0.2) is 47.4 Å². The molecule has 2 aromatic carbocycles. The average Bonchev–Trinajstić information content (AvgIpc) is 2.80. The number of aryl methyl sites for hydroxylation is 2. The number of carbonyl (C=O) groups excluding carboxylic acids is 1. The van der Waals surface area contributed by atoms with Crippen molar-refractivity contribution in [2.45, 2.75) is 46.6 Å². The Morgan fingerprint density at radius 3 is 2.35 bits per heavy atom. The van der Waals surface area contributed by atoms with Crippen LogP contribution in [0, 0.1) is 19.3 Å². The van der Waals surface area contributed by atoms with Gasteiger partial charge in [-0.25, -0.2) is 0 Å². The van der Waals surface area contributed by atoms with Crippen LogP contribution in [0.2, 0.25) is 0 Å². The van der Waals surface area contributed by atoms with Crippen molar-refractivity contribution in [1.29, 1.82) is 0 Å². The van der Waals surface area contributed by atoms with Crippen molar-refractivity contribution >= 4 is 22.6 Å². The second kappa shape index (κ2) is 8.97. The van der Waals surface area contributed by atoms with Crippen LogP contribution < -0.4 is 10.3 Å². The monoisotopic (exact) mass is 462 g/mol. The first kappa shape index (κ1) is 23.5. The summed E-state index contributed by atoms with van der Waals surface area (Å²) in [5.74, 6) is -0.582. The third-order valence-corrected chi connectivity index (χ3v) is 6.98. The fraction of sp³-hybridized carbons (Fsp3) is 0.370. The van der Waals surface area contributed by atoms with Crippen molar-refractivity contribution < 1.29 is 19.4 Å². The molecule has 0 saturated carbocycles. The molecule has 2 heterocycles. The number of hydrogen-bond donors (Lipinski definition) is 2. The van der Waals surface area contributed by atoms with E-state index in [0.29, 0.717) is 37.1 Å². The average molecular weight is 463 g/mol. The molecule has 4 rings (SSSR count). The lowest BCUT2D eigenvalue weighted by Crippen LogP contribution is -2.48. The van der Waals surface area contributed by atoms with E-state index in [4.69, 9.17) is 4.74 Å². The number of aromatic amines is 1. The van der Waals surface area contributed by atoms with E-state index in [-0.39, 0.29) is 11.5 Å². The van der Waals surface area contributed by atoms with Crippen molar-refractivity contribution in [3.05, 3.63) is 64.1 Å². The Labute approximate surface area is 198 Å². The Bertz CT molecular complexity index is 1300. The molecule has 0 unspecified atom stereocenters. The molecule has 7 nitrogen and oxygen atoms in total. The number of carboxylic acid groups (broad SMARTS) is 1. The maximum atomic E-state index is 12.9. The Morgan fingerprint density at radius 2 is 1.74 bits per heavy atom. The standard InChI is InChI=1S/C27H30N2O5/c1-16-6-5-7-17(2)23(16)22-15-28-24(30)21-14-19(8-9-20(21)22)34-18(3)25(31)29-12-10-27(4,11-13-29)26(32)33/h5-9,14-15,18H,10-13H2,1-4H3,(H,28,30)(H,32,33)/t18-/m1/s1. The number of piperidine rings is 1. The number of ether oxygens (including phenoxy) is 1. The zero-order chi connectivity index (χ0) is 24.6. The maximum Gasteiger partial charge on any atom is 0.309 e. The molecule has 1 atom stereocenters. The molecule has 3 aromatic rings. The molecule has 2 N–H and O–H groups in total. The molecule has 1 aliphatic rings. The van der Waals surface area contributed by atoms with Gasteiger partial charge in [-0.05, 0) is 80.8 Å². The zero-order valence-electron chi connectivity index (χ0n) is 20.0. The van der Waals surface area contributed by atoms with Crippen LogP contribution >= 0.6 is 0 Å². The van der Waals surface area contributed by atoms with Crippen LogP contribution in [0.1, 0.15) is 37.8 Å². The van der Waals surface area contributed by atoms with Crippen molar-refractivity contribution in [1.82, 2.24) is 9.88 Å². The van der Waals surface area contributed by atoms with Gasteiger partial charge in [0.05, 0.1) is 10.8 Å². The molecule has 7 heteroatoms. The minimum absolute atomic E-state index is 0.189. The fourth-order valence-corrected chi connectivity index (χ4v) is 4.70. The lowest BCUT2D eigenvalue weighted by atomic mass is 9.80. The highest BCUT2D eigenvalue weighted by Crippen LogP contribution is 2.34. The number of amides is 1. The first-order valence-corrected chi connectivity index (χ1v) is 11.5. The number of pyridine rings is 1. The van der Waals surface area contributed by atoms with E-state index in [0.717, 1.165) is 27.6 Å². The van der Waals surface area contributed by atoms with Crippen LogP contribution in [0.3, 0.4) is 0 Å². The molecule has 1 amide bonds. The highest BCUT2D eigenvalue weighted by Gasteiger charge is 2.39. The van der Waals surface area contributed by atoms with Crippen LogP contribution in [-0.4, -0.2) is 46.1 Å². The van der Waals surface area contributed by atoms with Crippen LogP contribution in [-0.2, 0) is 9.59 Å². The normalized spacial score (nSPS) is 16.3. The van der Waals surface area contributed by atoms with E-state index >= 15 is 0 Å². The van der Waals surface area contributed by atoms with E-state index in [9.17, 15) is 19.5 Å². The predicted octanol–water partition coefficient (Wildman–Crippen LogP) is 4.29. The molecule has 1 aliphatic heterocycles. The minimum Gasteiger partial charge on any atom is -0.481 e. The van der Waals surface area contributed by atoms with Crippen molar-refractivity contribution in [3.8, 4) is 16.9 Å². The predicted molar refractivity (Wildman–Crippen MR) is 131 cm³/mol. The summed E-state index contributed by atoms with van der Waals surface area (Å²) in [6.07, 6.45) is 1.81. The maximum absolute atomic E-state index is 12.9. The molecule has 0 bridgehead atoms. The summed E-state index contributed by atoms with van der Waals surface area (Å²) in [6.45, 7) is 8.25. The number of benzene rings is 2. The number of carbonyl (C=O) groups is 2. The number of aromatic nitrogens is 1. The van der Waals surface area contributed by atoms with Gasteiger partial charge in [-0.2, -0.15) is 0 Å². The summed E-state index contributed by atoms with van der Waals surface area (Å²) in [7, 11) is 0. The lowest BCUT2D eigenvalue weighted by molar-refractivity contribution is -0.154. The van der Waals surface area contributed by atoms with Crippen molar-refractivity contribution in [2.75, 3.05) is 13.1 Å². The van der Waals surface area contributed by atoms with Crippen molar-refractivity contribution in [2.24, 2.45) is 5.41 Å². The number of nitrogens with one attached hydrogen (secondary N) is 1. The molecule has 0 radical (unpaired) electrons. The summed E-state index contributed by atoms with van der Waals surface area (Å²) in [6, 6.07) is 11.4. The highest BCUT2D eigenvalue weighted by atomic mass is 16.5. The van der Waals surface area contributed by atoms with Crippen molar-refractivity contribution in [3.63, 3.8) is 0 Å². The number of carboxylic acids is 1. The fourth-order valence-electron chi connectivity index (χ4n) is 4.70. The van der Waals surface area contributed by atoms with Gasteiger partial charge in [-0.1, -0.05) is 18.2 Å². The van der Waals surface area contributed by atoms with Gasteiger partial charge < -0.3 is 19.7 Å². The molecular formula is C27H30N2O5. The molecule has 34 heavy (non-hydrogen) atoms. The second-order valence-electron chi connectivity index (χ2n) is 9.46. The number of likely N-dealkylation sites (tertiary alicyclic amines) is 1. The molecule has 1 aromatic heterocycles. The van der Waals surface area contributed by atoms with Gasteiger partial charge in [0.15, 0.2) is 6.10 Å². The van der Waals surface area contributed by atoms with Gasteiger partial charge in [0.25, 0.3) is 11.5 Å². The molecule has 0 aliphatic carbocycles. The summed E-state index contributed by atoms with van der Waals surface area (Å²) in [5, 5.41) is 10.7. The molecule has 1 saturated heterocycles. The Kier molecular flexibility index (Phi) is 6.21. The number of aliphatic carboxylic acids is 1. The van der Waals surface area contributed by atoms with Gasteiger partial charge in [0, 0.05) is 24.8 Å². The van der Waals surface area contributed by atoms with E-state index in [2.05, 4.69) is 4.98 Å². The topological polar surface area (TPSA) is 99.7 Å². The van der Waals surface area contributed by atoms with Gasteiger partial charge in [0.2, 0.25) is 0 Å². The number of nitrogens with zero attached hydrogens (tertiary/aromatic N) is 1. The zero-order valence-corrected chi connectivity index (χ0v) is 20.0. The Balaban J connectivity index is 1.57. The lowest BCUT2D eigenvalue weighted by Gasteiger charge is -2.37. The first-order valence-electron chi connectivity index (χ1n) is 11.5. The Morgan fingerprint density at radius 1 is 1.09 bits per heavy atom. The van der Waals surface area contributed by atoms with Gasteiger partial charge in [-0.3, -0.25) is 14.4 Å². The van der Waals surface area contributed by atoms with Crippen LogP contribution in [0.5, 0.6) is 5.75 Å². The number of H-pyrrole nitrogens is 1. The largest absolute Gasteiger partial charge is 0.481 e. The summed E-state index contributed by atoms with van der Waals surface area (Å²) in [5.41, 5.74) is 3.24. The van der Waals surface area contributed by atoms with Crippen LogP contribution in [0.25, 0.3) is 21.9 Å². The first-order chi connectivity index (χ1) is 16.1. The number of rotatable bonds is 5. The van der Waals surface area contributed by atoms with E-state index in [1.807, 2.05) is 38.1 Å². The SMILES string of the molecule is Cc1cccc(C)c1-c1c[nH]c(=O)c2cc(O[C@H](C)C(=O)N3CCC(C)(C(=O)O)CC3)ccc12. The third-order valence-electron chi connectivity index (χ3n) is 6.98. The van der Waals surface area contributed by atoms with Gasteiger partial charge >= 0.3 is 5.97 Å². The molecular weight excluding hydrogens is 432 g/mol. The highest BCUT2D eigenvalue weighted by molar-refractivity contribution is 5.97. The third kappa shape index (κ3) is 4.30. The molecule has 178 valence electrons. The molecule has 1 fully saturated rings. The van der Waals surface area contributed by atoms with E-state index in [1.165, 1.54) is 0 Å². The summed E-state index contributed by atoms with van der Waals surface area (Å²) < 4.78 is 5.92. The summed E-state index contributed by atoms with van der Waals surface area (Å²) >= 11 is 0. The number of fused-ring (bicyclic) bond motifs is 1. The Hall–Kier alpha value is -3.61. The van der Waals surface area contributed by atoms with E-state index < -0.39 is 17.5 Å². The summed E-state index contributed by atoms with van der Waals surface area (Å²) in [4.78, 5) is 41.5. The van der Waals surface area contributed by atoms with E-state index in [1.54, 1.807) is 37.1 Å². The van der Waals surface area contributed by atoms with Crippen LogP contribution in [0.4, 0.5) is 0 Å². The molecule has 0 spiro atoms.